The number of nitriles is 1. The van der Waals surface area contributed by atoms with Gasteiger partial charge < -0.3 is 14.6 Å². The SMILES string of the molecule is COc1cc(/C=C(/C#N)c2ccc(C(=O)O)cc2)cc(I)c1OCc1cccc2ccccc12. The van der Waals surface area contributed by atoms with Gasteiger partial charge in [-0.25, -0.2) is 4.79 Å². The van der Waals surface area contributed by atoms with Gasteiger partial charge in [0.1, 0.15) is 6.61 Å². The van der Waals surface area contributed by atoms with Crippen molar-refractivity contribution < 1.29 is 19.4 Å². The maximum atomic E-state index is 11.1. The van der Waals surface area contributed by atoms with Gasteiger partial charge in [-0.2, -0.15) is 5.26 Å². The van der Waals surface area contributed by atoms with Gasteiger partial charge in [0.05, 0.1) is 27.9 Å². The van der Waals surface area contributed by atoms with Crippen molar-refractivity contribution in [1.29, 1.82) is 5.26 Å². The van der Waals surface area contributed by atoms with E-state index in [4.69, 9.17) is 14.6 Å². The normalized spacial score (nSPS) is 11.1. The number of rotatable bonds is 7. The van der Waals surface area contributed by atoms with Crippen molar-refractivity contribution in [3.05, 3.63) is 105 Å². The van der Waals surface area contributed by atoms with Crippen LogP contribution in [0.25, 0.3) is 22.4 Å². The summed E-state index contributed by atoms with van der Waals surface area (Å²) >= 11 is 2.20. The predicted octanol–water partition coefficient (Wildman–Crippen LogP) is 6.79. The highest BCUT2D eigenvalue weighted by molar-refractivity contribution is 14.1. The van der Waals surface area contributed by atoms with E-state index in [1.165, 1.54) is 12.1 Å². The van der Waals surface area contributed by atoms with Crippen molar-refractivity contribution in [2.45, 2.75) is 6.61 Å². The number of halogens is 1. The first-order valence-corrected chi connectivity index (χ1v) is 11.5. The number of carboxylic acids is 1. The van der Waals surface area contributed by atoms with Gasteiger partial charge in [-0.15, -0.1) is 0 Å². The number of allylic oxidation sites excluding steroid dienone is 1. The Morgan fingerprint density at radius 3 is 2.44 bits per heavy atom. The highest BCUT2D eigenvalue weighted by Crippen LogP contribution is 2.36. The highest BCUT2D eigenvalue weighted by Gasteiger charge is 2.13. The molecule has 0 aromatic heterocycles. The Morgan fingerprint density at radius 2 is 1.74 bits per heavy atom. The largest absolute Gasteiger partial charge is 0.493 e. The molecule has 0 bridgehead atoms. The molecule has 0 amide bonds. The van der Waals surface area contributed by atoms with Gasteiger partial charge in [0.2, 0.25) is 0 Å². The molecule has 34 heavy (non-hydrogen) atoms. The lowest BCUT2D eigenvalue weighted by Gasteiger charge is -2.15. The van der Waals surface area contributed by atoms with E-state index in [0.717, 1.165) is 25.5 Å². The highest BCUT2D eigenvalue weighted by atomic mass is 127. The van der Waals surface area contributed by atoms with Crippen LogP contribution in [0.5, 0.6) is 11.5 Å². The second-order valence-electron chi connectivity index (χ2n) is 7.51. The van der Waals surface area contributed by atoms with Crippen LogP contribution in [-0.2, 0) is 6.61 Å². The van der Waals surface area contributed by atoms with E-state index in [2.05, 4.69) is 46.9 Å². The molecule has 0 atom stereocenters. The molecular weight excluding hydrogens is 541 g/mol. The summed E-state index contributed by atoms with van der Waals surface area (Å²) in [5, 5.41) is 21.1. The van der Waals surface area contributed by atoms with Crippen LogP contribution in [0.3, 0.4) is 0 Å². The van der Waals surface area contributed by atoms with E-state index in [9.17, 15) is 10.1 Å². The summed E-state index contributed by atoms with van der Waals surface area (Å²) in [4.78, 5) is 11.1. The first-order valence-electron chi connectivity index (χ1n) is 10.4. The fraction of sp³-hybridized carbons (Fsp3) is 0.0714. The fourth-order valence-corrected chi connectivity index (χ4v) is 4.45. The Balaban J connectivity index is 1.62. The predicted molar refractivity (Wildman–Crippen MR) is 141 cm³/mol. The molecule has 0 radical (unpaired) electrons. The molecule has 0 saturated heterocycles. The van der Waals surface area contributed by atoms with Crippen molar-refractivity contribution >= 4 is 51.0 Å². The van der Waals surface area contributed by atoms with E-state index in [0.29, 0.717) is 29.2 Å². The number of aromatic carboxylic acids is 1. The number of benzene rings is 4. The Kier molecular flexibility index (Phi) is 7.14. The van der Waals surface area contributed by atoms with Gasteiger partial charge >= 0.3 is 5.97 Å². The minimum Gasteiger partial charge on any atom is -0.493 e. The van der Waals surface area contributed by atoms with Gasteiger partial charge in [-0.05, 0) is 80.4 Å². The summed E-state index contributed by atoms with van der Waals surface area (Å²) in [6.45, 7) is 0.391. The maximum Gasteiger partial charge on any atom is 0.335 e. The second-order valence-corrected chi connectivity index (χ2v) is 8.68. The van der Waals surface area contributed by atoms with Gasteiger partial charge in [0, 0.05) is 0 Å². The number of ether oxygens (including phenoxy) is 2. The van der Waals surface area contributed by atoms with E-state index in [-0.39, 0.29) is 5.56 Å². The molecule has 1 N–H and O–H groups in total. The van der Waals surface area contributed by atoms with Crippen LogP contribution < -0.4 is 9.47 Å². The monoisotopic (exact) mass is 561 g/mol. The summed E-state index contributed by atoms with van der Waals surface area (Å²) in [6.07, 6.45) is 1.74. The number of nitrogens with zero attached hydrogens (tertiary/aromatic N) is 1. The standard InChI is InChI=1S/C28H20INO4/c1-33-26-15-18(13-23(16-30)19-9-11-21(12-10-19)28(31)32)14-25(29)27(26)34-17-22-7-4-6-20-5-2-3-8-24(20)22/h2-15H,17H2,1H3,(H,31,32)/b23-13-. The number of fused-ring (bicyclic) bond motifs is 1. The van der Waals surface area contributed by atoms with Gasteiger partial charge in [0.25, 0.3) is 0 Å². The van der Waals surface area contributed by atoms with E-state index in [1.54, 1.807) is 25.3 Å². The third-order valence-electron chi connectivity index (χ3n) is 5.38. The summed E-state index contributed by atoms with van der Waals surface area (Å²) in [7, 11) is 1.58. The van der Waals surface area contributed by atoms with Crippen LogP contribution in [0.4, 0.5) is 0 Å². The number of carbonyl (C=O) groups is 1. The smallest absolute Gasteiger partial charge is 0.335 e. The Hall–Kier alpha value is -3.83. The molecule has 4 aromatic carbocycles. The molecule has 6 heteroatoms. The molecule has 0 aliphatic heterocycles. The number of hydrogen-bond donors (Lipinski definition) is 1. The Labute approximate surface area is 211 Å². The van der Waals surface area contributed by atoms with Crippen LogP contribution in [0.1, 0.15) is 27.0 Å². The zero-order chi connectivity index (χ0) is 24.1. The molecule has 0 fully saturated rings. The molecule has 168 valence electrons. The third kappa shape index (κ3) is 5.05. The van der Waals surface area contributed by atoms with Crippen molar-refractivity contribution in [2.24, 2.45) is 0 Å². The van der Waals surface area contributed by atoms with Gasteiger partial charge in [-0.3, -0.25) is 0 Å². The second kappa shape index (κ2) is 10.4. The summed E-state index contributed by atoms with van der Waals surface area (Å²) in [5.74, 6) is 0.196. The number of methoxy groups -OCH3 is 1. The topological polar surface area (TPSA) is 79.5 Å². The number of hydrogen-bond acceptors (Lipinski definition) is 4. The summed E-state index contributed by atoms with van der Waals surface area (Å²) < 4.78 is 12.6. The maximum absolute atomic E-state index is 11.1. The average Bonchev–Trinajstić information content (AvgIpc) is 2.86. The van der Waals surface area contributed by atoms with Crippen molar-refractivity contribution in [3.63, 3.8) is 0 Å². The summed E-state index contributed by atoms with van der Waals surface area (Å²) in [6, 6.07) is 26.5. The van der Waals surface area contributed by atoms with Crippen LogP contribution in [0, 0.1) is 14.9 Å². The van der Waals surface area contributed by atoms with E-state index < -0.39 is 5.97 Å². The molecule has 5 nitrogen and oxygen atoms in total. The molecule has 0 heterocycles. The van der Waals surface area contributed by atoms with Crippen LogP contribution in [-0.4, -0.2) is 18.2 Å². The van der Waals surface area contributed by atoms with Crippen molar-refractivity contribution in [1.82, 2.24) is 0 Å². The van der Waals surface area contributed by atoms with E-state index >= 15 is 0 Å². The van der Waals surface area contributed by atoms with Crippen LogP contribution >= 0.6 is 22.6 Å². The van der Waals surface area contributed by atoms with Crippen LogP contribution in [0.15, 0.2) is 78.9 Å². The molecule has 0 aliphatic rings. The average molecular weight is 561 g/mol. The van der Waals surface area contributed by atoms with Crippen molar-refractivity contribution in [2.75, 3.05) is 7.11 Å². The molecule has 0 aliphatic carbocycles. The van der Waals surface area contributed by atoms with Crippen molar-refractivity contribution in [3.8, 4) is 17.6 Å². The quantitative estimate of drug-likeness (QED) is 0.153. The minimum atomic E-state index is -1.01. The first-order chi connectivity index (χ1) is 16.5. The number of carboxylic acid groups (broad SMARTS) is 1. The lowest BCUT2D eigenvalue weighted by atomic mass is 10.0. The Morgan fingerprint density at radius 1 is 1.03 bits per heavy atom. The van der Waals surface area contributed by atoms with Gasteiger partial charge in [-0.1, -0.05) is 54.6 Å². The molecule has 4 aromatic rings. The molecule has 0 unspecified atom stereocenters. The fourth-order valence-electron chi connectivity index (χ4n) is 3.67. The molecule has 0 saturated carbocycles. The van der Waals surface area contributed by atoms with Gasteiger partial charge in [0.15, 0.2) is 11.5 Å². The lowest BCUT2D eigenvalue weighted by Crippen LogP contribution is -2.01. The summed E-state index contributed by atoms with van der Waals surface area (Å²) in [5.41, 5.74) is 3.08. The molecule has 4 rings (SSSR count). The zero-order valence-corrected chi connectivity index (χ0v) is 20.4. The molecule has 0 spiro atoms. The molecular formula is C28H20INO4. The minimum absolute atomic E-state index is 0.171. The first kappa shape index (κ1) is 23.3. The van der Waals surface area contributed by atoms with Crippen LogP contribution in [0.2, 0.25) is 0 Å². The zero-order valence-electron chi connectivity index (χ0n) is 18.3. The third-order valence-corrected chi connectivity index (χ3v) is 6.18. The Bertz CT molecular complexity index is 1430. The van der Waals surface area contributed by atoms with E-state index in [1.807, 2.05) is 36.4 Å². The lowest BCUT2D eigenvalue weighted by molar-refractivity contribution is 0.0697.